The average molecular weight is 357 g/mol. The second-order valence-electron chi connectivity index (χ2n) is 5.98. The Kier molecular flexibility index (Phi) is 3.09. The number of halogens is 3. The van der Waals surface area contributed by atoms with Crippen LogP contribution in [0.5, 0.6) is 0 Å². The Morgan fingerprint density at radius 1 is 1.43 bits per heavy atom. The van der Waals surface area contributed by atoms with Crippen molar-refractivity contribution >= 4 is 39.0 Å². The van der Waals surface area contributed by atoms with Crippen LogP contribution in [0.2, 0.25) is 0 Å². The van der Waals surface area contributed by atoms with Gasteiger partial charge >= 0.3 is 0 Å². The summed E-state index contributed by atoms with van der Waals surface area (Å²) in [5.74, 6) is -1.16. The summed E-state index contributed by atoms with van der Waals surface area (Å²) >= 11 is 2.89. The van der Waals surface area contributed by atoms with E-state index in [9.17, 15) is 8.78 Å². The zero-order valence-corrected chi connectivity index (χ0v) is 13.2. The van der Waals surface area contributed by atoms with Crippen LogP contribution in [-0.2, 0) is 0 Å². The highest BCUT2D eigenvalue weighted by molar-refractivity contribution is 9.10. The topological polar surface area (TPSA) is 63.0 Å². The summed E-state index contributed by atoms with van der Waals surface area (Å²) in [7, 11) is 0. The maximum absolute atomic E-state index is 14.5. The number of amidine groups is 2. The van der Waals surface area contributed by atoms with Crippen LogP contribution in [0.4, 0.5) is 20.2 Å². The first-order valence-electron chi connectivity index (χ1n) is 6.67. The third-order valence-corrected chi connectivity index (χ3v) is 4.55. The fourth-order valence-corrected chi connectivity index (χ4v) is 2.77. The highest BCUT2D eigenvalue weighted by Crippen LogP contribution is 2.44. The molecule has 21 heavy (non-hydrogen) atoms. The van der Waals surface area contributed by atoms with Gasteiger partial charge in [-0.25, -0.2) is 8.78 Å². The second-order valence-corrected chi connectivity index (χ2v) is 6.77. The third kappa shape index (κ3) is 2.14. The fourth-order valence-electron chi connectivity index (χ4n) is 2.47. The Bertz CT molecular complexity index is 667. The van der Waals surface area contributed by atoms with Gasteiger partial charge in [0.2, 0.25) is 0 Å². The van der Waals surface area contributed by atoms with E-state index < -0.39 is 17.2 Å². The van der Waals surface area contributed by atoms with Gasteiger partial charge in [-0.15, -0.1) is 0 Å². The van der Waals surface area contributed by atoms with Gasteiger partial charge in [-0.1, -0.05) is 0 Å². The van der Waals surface area contributed by atoms with Crippen LogP contribution >= 0.6 is 15.9 Å². The lowest BCUT2D eigenvalue weighted by molar-refractivity contribution is 0.570. The molecule has 0 spiro atoms. The Balaban J connectivity index is 2.22. The molecule has 7 heteroatoms. The van der Waals surface area contributed by atoms with Gasteiger partial charge in [-0.3, -0.25) is 15.7 Å². The molecule has 0 amide bonds. The maximum Gasteiger partial charge on any atom is 0.166 e. The van der Waals surface area contributed by atoms with Gasteiger partial charge in [0.1, 0.15) is 23.2 Å². The molecule has 1 aliphatic carbocycles. The summed E-state index contributed by atoms with van der Waals surface area (Å²) in [5.41, 5.74) is -0.495. The first-order chi connectivity index (χ1) is 9.74. The molecule has 3 N–H and O–H groups in total. The lowest BCUT2D eigenvalue weighted by Gasteiger charge is -2.42. The molecule has 1 aromatic carbocycles. The molecule has 0 radical (unpaired) electrons. The Hall–Kier alpha value is -1.50. The highest BCUT2D eigenvalue weighted by Gasteiger charge is 2.43. The number of benzene rings is 1. The zero-order valence-electron chi connectivity index (χ0n) is 11.7. The van der Waals surface area contributed by atoms with Crippen molar-refractivity contribution in [2.24, 2.45) is 5.92 Å². The molecule has 1 saturated carbocycles. The first kappa shape index (κ1) is 14.4. The van der Waals surface area contributed by atoms with Crippen LogP contribution in [-0.4, -0.2) is 17.2 Å². The van der Waals surface area contributed by atoms with Crippen molar-refractivity contribution in [3.05, 3.63) is 22.2 Å². The summed E-state index contributed by atoms with van der Waals surface area (Å²) in [6.45, 7) is 3.51. The smallest absolute Gasteiger partial charge is 0.166 e. The molecule has 0 unspecified atom stereocenters. The minimum absolute atomic E-state index is 0.0458. The molecule has 0 bridgehead atoms. The molecular formula is C14H15BrF2N4. The van der Waals surface area contributed by atoms with Crippen LogP contribution in [0.25, 0.3) is 0 Å². The molecular weight excluding hydrogens is 342 g/mol. The summed E-state index contributed by atoms with van der Waals surface area (Å²) in [6.07, 6.45) is 1.74. The van der Waals surface area contributed by atoms with Gasteiger partial charge in [-0.2, -0.15) is 0 Å². The largest absolute Gasteiger partial charge is 0.371 e. The summed E-state index contributed by atoms with van der Waals surface area (Å²) in [5, 5.41) is 19.5. The molecule has 2 aliphatic rings. The van der Waals surface area contributed by atoms with Crippen molar-refractivity contribution in [1.29, 1.82) is 10.8 Å². The first-order valence-corrected chi connectivity index (χ1v) is 7.46. The van der Waals surface area contributed by atoms with E-state index in [0.717, 1.165) is 12.8 Å². The number of hydrogen-bond donors (Lipinski definition) is 3. The Morgan fingerprint density at radius 2 is 2.05 bits per heavy atom. The monoisotopic (exact) mass is 356 g/mol. The van der Waals surface area contributed by atoms with Crippen LogP contribution in [0.1, 0.15) is 26.7 Å². The van der Waals surface area contributed by atoms with Crippen molar-refractivity contribution in [3.8, 4) is 0 Å². The minimum Gasteiger partial charge on any atom is -0.371 e. The molecule has 4 nitrogen and oxygen atoms in total. The minimum atomic E-state index is -0.805. The van der Waals surface area contributed by atoms with Gasteiger partial charge in [0, 0.05) is 12.0 Å². The van der Waals surface area contributed by atoms with Crippen LogP contribution < -0.4 is 10.2 Å². The molecule has 0 saturated heterocycles. The molecule has 1 aromatic rings. The van der Waals surface area contributed by atoms with Gasteiger partial charge in [0.25, 0.3) is 0 Å². The van der Waals surface area contributed by atoms with E-state index in [-0.39, 0.29) is 33.4 Å². The number of anilines is 2. The van der Waals surface area contributed by atoms with Gasteiger partial charge in [0.15, 0.2) is 5.82 Å². The van der Waals surface area contributed by atoms with E-state index in [1.54, 1.807) is 13.8 Å². The second kappa shape index (κ2) is 4.50. The van der Waals surface area contributed by atoms with E-state index in [2.05, 4.69) is 21.2 Å². The molecule has 0 aromatic heterocycles. The van der Waals surface area contributed by atoms with E-state index in [1.807, 2.05) is 0 Å². The average Bonchev–Trinajstić information content (AvgIpc) is 3.22. The number of nitrogens with one attached hydrogen (secondary N) is 3. The number of rotatable bonds is 1. The number of fused-ring (bicyclic) bond motifs is 1. The van der Waals surface area contributed by atoms with Crippen molar-refractivity contribution in [1.82, 2.24) is 0 Å². The van der Waals surface area contributed by atoms with Crippen molar-refractivity contribution in [2.75, 3.05) is 10.2 Å². The summed E-state index contributed by atoms with van der Waals surface area (Å²) in [4.78, 5) is 1.31. The Morgan fingerprint density at radius 3 is 2.62 bits per heavy atom. The fraction of sp³-hybridized carbons (Fsp3) is 0.429. The third-order valence-electron chi connectivity index (χ3n) is 3.83. The SMILES string of the molecule is CC1(C)Nc2cc(F)c(Br)c(F)c2N(C(=N)C2CC2)C1=N. The normalized spacial score (nSPS) is 20.0. The molecule has 0 atom stereocenters. The molecule has 1 fully saturated rings. The molecule has 1 aliphatic heterocycles. The standard InChI is InChI=1S/C14H15BrF2N4/c1-14(2)13(19)21(12(18)6-3-4-6)11-8(20-14)5-7(16)9(15)10(11)17/h5-6,18-20H,3-4H2,1-2H3. The lowest BCUT2D eigenvalue weighted by Crippen LogP contribution is -2.56. The number of hydrogen-bond acceptors (Lipinski definition) is 3. The lowest BCUT2D eigenvalue weighted by atomic mass is 9.96. The zero-order chi connectivity index (χ0) is 15.5. The van der Waals surface area contributed by atoms with E-state index >= 15 is 0 Å². The predicted molar refractivity (Wildman–Crippen MR) is 82.4 cm³/mol. The van der Waals surface area contributed by atoms with E-state index in [0.29, 0.717) is 0 Å². The van der Waals surface area contributed by atoms with Crippen LogP contribution in [0.3, 0.4) is 0 Å². The summed E-state index contributed by atoms with van der Waals surface area (Å²) in [6, 6.07) is 1.20. The highest BCUT2D eigenvalue weighted by atomic mass is 79.9. The summed E-state index contributed by atoms with van der Waals surface area (Å²) < 4.78 is 28.0. The van der Waals surface area contributed by atoms with E-state index in [4.69, 9.17) is 10.8 Å². The van der Waals surface area contributed by atoms with Crippen LogP contribution in [0, 0.1) is 28.4 Å². The van der Waals surface area contributed by atoms with Gasteiger partial charge in [0.05, 0.1) is 15.7 Å². The molecule has 1 heterocycles. The number of nitrogens with zero attached hydrogens (tertiary/aromatic N) is 1. The van der Waals surface area contributed by atoms with Crippen LogP contribution in [0.15, 0.2) is 10.5 Å². The quantitative estimate of drug-likeness (QED) is 0.403. The van der Waals surface area contributed by atoms with Crippen molar-refractivity contribution < 1.29 is 8.78 Å². The van der Waals surface area contributed by atoms with Gasteiger partial charge < -0.3 is 5.32 Å². The van der Waals surface area contributed by atoms with Crippen molar-refractivity contribution in [3.63, 3.8) is 0 Å². The van der Waals surface area contributed by atoms with E-state index in [1.165, 1.54) is 11.0 Å². The van der Waals surface area contributed by atoms with Crippen molar-refractivity contribution in [2.45, 2.75) is 32.2 Å². The Labute approximate surface area is 129 Å². The molecule has 112 valence electrons. The maximum atomic E-state index is 14.5. The predicted octanol–water partition coefficient (Wildman–Crippen LogP) is 4.10. The van der Waals surface area contributed by atoms with Gasteiger partial charge in [-0.05, 0) is 42.6 Å². The molecule has 3 rings (SSSR count).